The number of ether oxygens (including phenoxy) is 5. The smallest absolute Gasteiger partial charge is 0.200 e. The lowest BCUT2D eigenvalue weighted by molar-refractivity contribution is -0.323. The van der Waals surface area contributed by atoms with Crippen molar-refractivity contribution < 1.29 is 49.2 Å². The van der Waals surface area contributed by atoms with Crippen LogP contribution in [0, 0.1) is 5.92 Å². The Morgan fingerprint density at radius 1 is 0.969 bits per heavy atom. The zero-order chi connectivity index (χ0) is 23.0. The van der Waals surface area contributed by atoms with E-state index in [-0.39, 0.29) is 41.5 Å². The van der Waals surface area contributed by atoms with Crippen LogP contribution in [0.1, 0.15) is 37.4 Å². The van der Waals surface area contributed by atoms with Crippen molar-refractivity contribution in [1.82, 2.24) is 0 Å². The van der Waals surface area contributed by atoms with E-state index >= 15 is 0 Å². The SMILES string of the molecule is COc1cc([C@H]2C[C@@H](O[C@@H]3O[C@H](CO)[C@@H](O)[C@H](O)[C@H]3O)[C@@H]3CCC[C@H]3O2)cc(OC)c1O. The number of methoxy groups -OCH3 is 2. The lowest BCUT2D eigenvalue weighted by atomic mass is 9.87. The second-order valence-electron chi connectivity index (χ2n) is 8.64. The fourth-order valence-corrected chi connectivity index (χ4v) is 5.02. The Bertz CT molecular complexity index is 761. The molecule has 1 saturated carbocycles. The summed E-state index contributed by atoms with van der Waals surface area (Å²) >= 11 is 0. The van der Waals surface area contributed by atoms with Gasteiger partial charge in [0, 0.05) is 12.3 Å². The Balaban J connectivity index is 1.57. The topological polar surface area (TPSA) is 147 Å². The van der Waals surface area contributed by atoms with Crippen molar-refractivity contribution in [1.29, 1.82) is 0 Å². The maximum absolute atomic E-state index is 10.4. The zero-order valence-electron chi connectivity index (χ0n) is 18.2. The molecule has 0 amide bonds. The number of hydrogen-bond donors (Lipinski definition) is 5. The van der Waals surface area contributed by atoms with Gasteiger partial charge in [0.1, 0.15) is 24.4 Å². The molecule has 2 saturated heterocycles. The second-order valence-corrected chi connectivity index (χ2v) is 8.64. The summed E-state index contributed by atoms with van der Waals surface area (Å²) in [6.45, 7) is -0.514. The average molecular weight is 456 g/mol. The number of rotatable bonds is 6. The van der Waals surface area contributed by atoms with Crippen molar-refractivity contribution in [2.45, 2.75) is 74.7 Å². The van der Waals surface area contributed by atoms with Gasteiger partial charge in [-0.3, -0.25) is 0 Å². The van der Waals surface area contributed by atoms with Crippen LogP contribution in [0.2, 0.25) is 0 Å². The third-order valence-electron chi connectivity index (χ3n) is 6.80. The number of hydrogen-bond acceptors (Lipinski definition) is 10. The highest BCUT2D eigenvalue weighted by atomic mass is 16.7. The summed E-state index contributed by atoms with van der Waals surface area (Å²) in [5.41, 5.74) is 0.754. The van der Waals surface area contributed by atoms with Crippen molar-refractivity contribution >= 4 is 0 Å². The van der Waals surface area contributed by atoms with Crippen LogP contribution < -0.4 is 9.47 Å². The molecule has 3 fully saturated rings. The minimum absolute atomic E-state index is 0.0607. The number of phenols is 1. The second kappa shape index (κ2) is 9.68. The summed E-state index contributed by atoms with van der Waals surface area (Å²) in [6, 6.07) is 3.39. The van der Waals surface area contributed by atoms with E-state index in [2.05, 4.69) is 0 Å². The highest BCUT2D eigenvalue weighted by Gasteiger charge is 2.48. The van der Waals surface area contributed by atoms with Gasteiger partial charge in [-0.25, -0.2) is 0 Å². The van der Waals surface area contributed by atoms with Gasteiger partial charge in [-0.1, -0.05) is 6.42 Å². The van der Waals surface area contributed by atoms with Crippen LogP contribution >= 0.6 is 0 Å². The fourth-order valence-electron chi connectivity index (χ4n) is 5.02. The minimum atomic E-state index is -1.49. The molecule has 2 heterocycles. The van der Waals surface area contributed by atoms with Crippen LogP contribution in [-0.4, -0.2) is 89.3 Å². The molecule has 2 aliphatic heterocycles. The van der Waals surface area contributed by atoms with E-state index in [1.54, 1.807) is 12.1 Å². The van der Waals surface area contributed by atoms with Gasteiger partial charge in [-0.15, -0.1) is 0 Å². The summed E-state index contributed by atoms with van der Waals surface area (Å²) in [5.74, 6) is 0.521. The first-order valence-corrected chi connectivity index (χ1v) is 10.9. The lowest BCUT2D eigenvalue weighted by Crippen LogP contribution is -2.60. The van der Waals surface area contributed by atoms with E-state index in [9.17, 15) is 25.5 Å². The summed E-state index contributed by atoms with van der Waals surface area (Å²) in [7, 11) is 2.91. The molecule has 4 rings (SSSR count). The Morgan fingerprint density at radius 3 is 2.28 bits per heavy atom. The molecule has 3 aliphatic rings. The molecule has 0 radical (unpaired) electrons. The van der Waals surface area contributed by atoms with Gasteiger partial charge in [-0.2, -0.15) is 0 Å². The summed E-state index contributed by atoms with van der Waals surface area (Å²) in [4.78, 5) is 0. The van der Waals surface area contributed by atoms with Crippen LogP contribution in [0.4, 0.5) is 0 Å². The van der Waals surface area contributed by atoms with Gasteiger partial charge < -0.3 is 49.2 Å². The first-order chi connectivity index (χ1) is 15.4. The van der Waals surface area contributed by atoms with Crippen molar-refractivity contribution in [3.8, 4) is 17.2 Å². The quantitative estimate of drug-likeness (QED) is 0.403. The Morgan fingerprint density at radius 2 is 1.66 bits per heavy atom. The van der Waals surface area contributed by atoms with Crippen LogP contribution in [-0.2, 0) is 14.2 Å². The monoisotopic (exact) mass is 456 g/mol. The third kappa shape index (κ3) is 4.28. The van der Waals surface area contributed by atoms with Crippen LogP contribution in [0.3, 0.4) is 0 Å². The molecule has 10 nitrogen and oxygen atoms in total. The van der Waals surface area contributed by atoms with Gasteiger partial charge in [0.25, 0.3) is 0 Å². The normalized spacial score (nSPS) is 39.5. The molecule has 9 atom stereocenters. The molecular formula is C22H32O10. The molecule has 0 bridgehead atoms. The van der Waals surface area contributed by atoms with Crippen LogP contribution in [0.15, 0.2) is 12.1 Å². The largest absolute Gasteiger partial charge is 0.502 e. The van der Waals surface area contributed by atoms with Crippen molar-refractivity contribution in [2.24, 2.45) is 5.92 Å². The van der Waals surface area contributed by atoms with Gasteiger partial charge in [-0.05, 0) is 30.5 Å². The minimum Gasteiger partial charge on any atom is -0.502 e. The van der Waals surface area contributed by atoms with Gasteiger partial charge >= 0.3 is 0 Å². The number of aromatic hydroxyl groups is 1. The first-order valence-electron chi connectivity index (χ1n) is 10.9. The van der Waals surface area contributed by atoms with Crippen LogP contribution in [0.25, 0.3) is 0 Å². The third-order valence-corrected chi connectivity index (χ3v) is 6.80. The molecule has 180 valence electrons. The van der Waals surface area contributed by atoms with Crippen molar-refractivity contribution in [2.75, 3.05) is 20.8 Å². The summed E-state index contributed by atoms with van der Waals surface area (Å²) < 4.78 is 28.6. The first kappa shape index (κ1) is 23.5. The lowest BCUT2D eigenvalue weighted by Gasteiger charge is -2.44. The molecule has 0 aromatic heterocycles. The van der Waals surface area contributed by atoms with E-state index in [1.165, 1.54) is 14.2 Å². The molecule has 1 aliphatic carbocycles. The van der Waals surface area contributed by atoms with Crippen LogP contribution in [0.5, 0.6) is 17.2 Å². The highest BCUT2D eigenvalue weighted by molar-refractivity contribution is 5.53. The summed E-state index contributed by atoms with van der Waals surface area (Å²) in [5, 5.41) is 50.2. The number of benzene rings is 1. The molecule has 32 heavy (non-hydrogen) atoms. The molecule has 5 N–H and O–H groups in total. The maximum atomic E-state index is 10.4. The van der Waals surface area contributed by atoms with E-state index in [0.29, 0.717) is 6.42 Å². The highest BCUT2D eigenvalue weighted by Crippen LogP contribution is 2.47. The van der Waals surface area contributed by atoms with E-state index in [4.69, 9.17) is 23.7 Å². The number of aliphatic hydroxyl groups excluding tert-OH is 4. The predicted molar refractivity (Wildman–Crippen MR) is 109 cm³/mol. The zero-order valence-corrected chi connectivity index (χ0v) is 18.2. The molecular weight excluding hydrogens is 424 g/mol. The Labute approximate surface area is 186 Å². The number of phenolic OH excluding ortho intramolecular Hbond substituents is 1. The number of aliphatic hydroxyl groups is 4. The fraction of sp³-hybridized carbons (Fsp3) is 0.727. The molecule has 1 aromatic rings. The summed E-state index contributed by atoms with van der Waals surface area (Å²) in [6.07, 6.45) is -4.24. The van der Waals surface area contributed by atoms with Gasteiger partial charge in [0.15, 0.2) is 17.8 Å². The molecule has 10 heteroatoms. The molecule has 1 aromatic carbocycles. The average Bonchev–Trinajstić information content (AvgIpc) is 3.28. The Hall–Kier alpha value is -1.66. The molecule has 0 spiro atoms. The Kier molecular flexibility index (Phi) is 7.11. The van der Waals surface area contributed by atoms with Crippen molar-refractivity contribution in [3.63, 3.8) is 0 Å². The molecule has 0 unspecified atom stereocenters. The van der Waals surface area contributed by atoms with E-state index < -0.39 is 37.3 Å². The van der Waals surface area contributed by atoms with Gasteiger partial charge in [0.05, 0.1) is 39.1 Å². The van der Waals surface area contributed by atoms with E-state index in [0.717, 1.165) is 24.8 Å². The predicted octanol–water partition coefficient (Wildman–Crippen LogP) is 0.225. The van der Waals surface area contributed by atoms with Crippen molar-refractivity contribution in [3.05, 3.63) is 17.7 Å². The van der Waals surface area contributed by atoms with Gasteiger partial charge in [0.2, 0.25) is 5.75 Å². The number of fused-ring (bicyclic) bond motifs is 1. The standard InChI is InChI=1S/C22H32O10/c1-28-15-6-10(7-16(29-2)18(15)24)13-8-14(11-4-3-5-12(11)30-13)31-22-21(27)20(26)19(25)17(9-23)32-22/h6-7,11-14,17,19-27H,3-5,8-9H2,1-2H3/t11-,12-,13-,14-,17-,19-,20+,21-,22-/m1/s1. The maximum Gasteiger partial charge on any atom is 0.200 e. The van der Waals surface area contributed by atoms with E-state index in [1.807, 2.05) is 0 Å².